The quantitative estimate of drug-likeness (QED) is 0.864. The van der Waals surface area contributed by atoms with E-state index in [2.05, 4.69) is 11.6 Å². The number of carbonyl (C=O) groups excluding carboxylic acids is 2. The van der Waals surface area contributed by atoms with Crippen molar-refractivity contribution in [1.29, 1.82) is 0 Å². The van der Waals surface area contributed by atoms with E-state index < -0.39 is 0 Å². The van der Waals surface area contributed by atoms with Gasteiger partial charge in [-0.05, 0) is 38.4 Å². The minimum atomic E-state index is 0.0519. The van der Waals surface area contributed by atoms with Crippen molar-refractivity contribution in [3.63, 3.8) is 0 Å². The number of hydrogen-bond donors (Lipinski definition) is 1. The molecule has 0 aromatic heterocycles. The first-order valence-corrected chi connectivity index (χ1v) is 9.92. The fraction of sp³-hybridized carbons (Fsp3) is 0.882. The fourth-order valence-electron chi connectivity index (χ4n) is 3.54. The topological polar surface area (TPSA) is 49.4 Å². The highest BCUT2D eigenvalue weighted by Gasteiger charge is 2.30. The zero-order chi connectivity index (χ0) is 16.1. The molecule has 1 aliphatic carbocycles. The Balaban J connectivity index is 1.76. The van der Waals surface area contributed by atoms with E-state index in [1.54, 1.807) is 0 Å². The lowest BCUT2D eigenvalue weighted by molar-refractivity contribution is -0.138. The van der Waals surface area contributed by atoms with Crippen LogP contribution in [0.2, 0.25) is 0 Å². The number of thioether (sulfide) groups is 1. The van der Waals surface area contributed by atoms with E-state index in [0.717, 1.165) is 38.8 Å². The summed E-state index contributed by atoms with van der Waals surface area (Å²) in [6.45, 7) is 5.33. The number of likely N-dealkylation sites (tertiary alicyclic amines) is 1. The average molecular weight is 327 g/mol. The summed E-state index contributed by atoms with van der Waals surface area (Å²) in [5, 5.41) is 3.96. The number of piperidine rings is 1. The molecule has 2 unspecified atom stereocenters. The smallest absolute Gasteiger partial charge is 0.225 e. The number of nitrogens with one attached hydrogen (secondary N) is 1. The largest absolute Gasteiger partial charge is 0.353 e. The Kier molecular flexibility index (Phi) is 6.60. The predicted molar refractivity (Wildman–Crippen MR) is 91.8 cm³/mol. The second-order valence-corrected chi connectivity index (χ2v) is 8.12. The Hall–Kier alpha value is -0.710. The first-order chi connectivity index (χ1) is 10.5. The molecule has 126 valence electrons. The third-order valence-corrected chi connectivity index (χ3v) is 6.07. The molecular weight excluding hydrogens is 296 g/mol. The molecule has 0 radical (unpaired) electrons. The molecule has 2 aliphatic rings. The molecule has 22 heavy (non-hydrogen) atoms. The number of rotatable bonds is 4. The first kappa shape index (κ1) is 17.6. The Morgan fingerprint density at radius 2 is 1.82 bits per heavy atom. The maximum atomic E-state index is 12.5. The SMILES string of the molecule is CSC1CCCC(NC(=O)C2CCN(C(=O)C(C)C)CC2)C1. The molecule has 2 atom stereocenters. The van der Waals surface area contributed by atoms with Gasteiger partial charge in [-0.1, -0.05) is 20.3 Å². The molecular formula is C17H30N2O2S. The van der Waals surface area contributed by atoms with E-state index in [0.29, 0.717) is 11.3 Å². The van der Waals surface area contributed by atoms with E-state index in [1.807, 2.05) is 30.5 Å². The van der Waals surface area contributed by atoms with Crippen molar-refractivity contribution in [3.8, 4) is 0 Å². The Morgan fingerprint density at radius 1 is 1.14 bits per heavy atom. The molecule has 2 rings (SSSR count). The fourth-order valence-corrected chi connectivity index (χ4v) is 4.36. The lowest BCUT2D eigenvalue weighted by Gasteiger charge is -2.34. The average Bonchev–Trinajstić information content (AvgIpc) is 2.54. The van der Waals surface area contributed by atoms with Crippen LogP contribution in [0.15, 0.2) is 0 Å². The number of hydrogen-bond acceptors (Lipinski definition) is 3. The molecule has 4 nitrogen and oxygen atoms in total. The van der Waals surface area contributed by atoms with Crippen molar-refractivity contribution in [2.75, 3.05) is 19.3 Å². The minimum absolute atomic E-state index is 0.0519. The molecule has 5 heteroatoms. The number of amides is 2. The van der Waals surface area contributed by atoms with Crippen molar-refractivity contribution in [1.82, 2.24) is 10.2 Å². The van der Waals surface area contributed by atoms with E-state index in [-0.39, 0.29) is 23.7 Å². The Labute approximate surface area is 138 Å². The van der Waals surface area contributed by atoms with E-state index in [4.69, 9.17) is 0 Å². The maximum Gasteiger partial charge on any atom is 0.225 e. The third-order valence-electron chi connectivity index (χ3n) is 4.98. The second-order valence-electron chi connectivity index (χ2n) is 6.98. The van der Waals surface area contributed by atoms with Crippen LogP contribution in [0.1, 0.15) is 52.4 Å². The molecule has 2 amide bonds. The minimum Gasteiger partial charge on any atom is -0.353 e. The van der Waals surface area contributed by atoms with E-state index in [9.17, 15) is 9.59 Å². The molecule has 1 saturated carbocycles. The van der Waals surface area contributed by atoms with Crippen LogP contribution in [0.5, 0.6) is 0 Å². The zero-order valence-corrected chi connectivity index (χ0v) is 15.0. The van der Waals surface area contributed by atoms with Gasteiger partial charge in [0.15, 0.2) is 0 Å². The van der Waals surface area contributed by atoms with Gasteiger partial charge in [-0.15, -0.1) is 0 Å². The summed E-state index contributed by atoms with van der Waals surface area (Å²) in [6.07, 6.45) is 8.51. The summed E-state index contributed by atoms with van der Waals surface area (Å²) in [5.41, 5.74) is 0. The van der Waals surface area contributed by atoms with E-state index in [1.165, 1.54) is 12.8 Å². The van der Waals surface area contributed by atoms with Gasteiger partial charge in [-0.2, -0.15) is 11.8 Å². The molecule has 1 saturated heterocycles. The Morgan fingerprint density at radius 3 is 2.41 bits per heavy atom. The molecule has 1 heterocycles. The lowest BCUT2D eigenvalue weighted by atomic mass is 9.92. The maximum absolute atomic E-state index is 12.5. The molecule has 0 aromatic carbocycles. The molecule has 0 aromatic rings. The summed E-state index contributed by atoms with van der Waals surface area (Å²) in [6, 6.07) is 0.356. The first-order valence-electron chi connectivity index (χ1n) is 8.63. The standard InChI is InChI=1S/C17H30N2O2S/c1-12(2)17(21)19-9-7-13(8-10-19)16(20)18-14-5-4-6-15(11-14)22-3/h12-15H,4-11H2,1-3H3,(H,18,20). The Bertz CT molecular complexity index is 392. The summed E-state index contributed by atoms with van der Waals surface area (Å²) >= 11 is 1.92. The van der Waals surface area contributed by atoms with Gasteiger partial charge >= 0.3 is 0 Å². The monoisotopic (exact) mass is 326 g/mol. The van der Waals surface area contributed by atoms with Crippen molar-refractivity contribution in [2.45, 2.75) is 63.7 Å². The summed E-state index contributed by atoms with van der Waals surface area (Å²) in [4.78, 5) is 26.3. The van der Waals surface area contributed by atoms with Crippen LogP contribution in [0, 0.1) is 11.8 Å². The van der Waals surface area contributed by atoms with Crippen molar-refractivity contribution >= 4 is 23.6 Å². The number of carbonyl (C=O) groups is 2. The van der Waals surface area contributed by atoms with Gasteiger partial charge in [0.1, 0.15) is 0 Å². The van der Waals surface area contributed by atoms with Gasteiger partial charge in [0.2, 0.25) is 11.8 Å². The van der Waals surface area contributed by atoms with Crippen molar-refractivity contribution in [3.05, 3.63) is 0 Å². The van der Waals surface area contributed by atoms with Gasteiger partial charge in [-0.3, -0.25) is 9.59 Å². The highest BCUT2D eigenvalue weighted by atomic mass is 32.2. The molecule has 1 aliphatic heterocycles. The number of nitrogens with zero attached hydrogens (tertiary/aromatic N) is 1. The summed E-state index contributed by atoms with van der Waals surface area (Å²) in [5.74, 6) is 0.569. The van der Waals surface area contributed by atoms with Crippen LogP contribution in [0.25, 0.3) is 0 Å². The molecule has 0 bridgehead atoms. The van der Waals surface area contributed by atoms with Gasteiger partial charge < -0.3 is 10.2 Å². The zero-order valence-electron chi connectivity index (χ0n) is 14.1. The van der Waals surface area contributed by atoms with E-state index >= 15 is 0 Å². The van der Waals surface area contributed by atoms with Crippen LogP contribution in [-0.4, -0.2) is 47.4 Å². The molecule has 1 N–H and O–H groups in total. The van der Waals surface area contributed by atoms with Crippen molar-refractivity contribution in [2.24, 2.45) is 11.8 Å². The van der Waals surface area contributed by atoms with Gasteiger partial charge in [0.05, 0.1) is 0 Å². The van der Waals surface area contributed by atoms with Gasteiger partial charge in [-0.25, -0.2) is 0 Å². The highest BCUT2D eigenvalue weighted by Crippen LogP contribution is 2.27. The van der Waals surface area contributed by atoms with Crippen LogP contribution >= 0.6 is 11.8 Å². The third kappa shape index (κ3) is 4.64. The molecule has 0 spiro atoms. The van der Waals surface area contributed by atoms with Gasteiger partial charge in [0.25, 0.3) is 0 Å². The van der Waals surface area contributed by atoms with Crippen LogP contribution in [0.4, 0.5) is 0 Å². The lowest BCUT2D eigenvalue weighted by Crippen LogP contribution is -2.47. The van der Waals surface area contributed by atoms with Gasteiger partial charge in [0, 0.05) is 36.2 Å². The van der Waals surface area contributed by atoms with Crippen molar-refractivity contribution < 1.29 is 9.59 Å². The normalized spacial score (nSPS) is 27.0. The van der Waals surface area contributed by atoms with Crippen LogP contribution in [0.3, 0.4) is 0 Å². The highest BCUT2D eigenvalue weighted by molar-refractivity contribution is 7.99. The summed E-state index contributed by atoms with van der Waals surface area (Å²) in [7, 11) is 0. The van der Waals surface area contributed by atoms with Crippen LogP contribution in [-0.2, 0) is 9.59 Å². The second kappa shape index (κ2) is 8.23. The van der Waals surface area contributed by atoms with Crippen LogP contribution < -0.4 is 5.32 Å². The summed E-state index contributed by atoms with van der Waals surface area (Å²) < 4.78 is 0. The molecule has 2 fully saturated rings. The predicted octanol–water partition coefficient (Wildman–Crippen LogP) is 2.67.